The number of ketones is 1. The fourth-order valence-corrected chi connectivity index (χ4v) is 11.0. The highest BCUT2D eigenvalue weighted by molar-refractivity contribution is 7.92. The van der Waals surface area contributed by atoms with Crippen molar-refractivity contribution in [1.82, 2.24) is 26.2 Å². The van der Waals surface area contributed by atoms with Crippen LogP contribution in [-0.2, 0) is 33.8 Å². The fraction of sp³-hybridized carbons (Fsp3) is 0.868. The lowest BCUT2D eigenvalue weighted by Crippen LogP contribution is -2.64. The molecular formula is C38H63N5O8S. The van der Waals surface area contributed by atoms with Gasteiger partial charge in [-0.15, -0.1) is 0 Å². The van der Waals surface area contributed by atoms with E-state index < -0.39 is 73.2 Å². The summed E-state index contributed by atoms with van der Waals surface area (Å²) in [6, 6.07) is -3.52. The molecule has 3 aliphatic carbocycles. The number of fused-ring (bicyclic) bond motifs is 1. The Bertz CT molecular complexity index is 1490. The van der Waals surface area contributed by atoms with Crippen molar-refractivity contribution in [1.29, 1.82) is 0 Å². The number of urea groups is 1. The van der Waals surface area contributed by atoms with Gasteiger partial charge in [0, 0.05) is 25.8 Å². The van der Waals surface area contributed by atoms with E-state index in [1.165, 1.54) is 0 Å². The lowest BCUT2D eigenvalue weighted by molar-refractivity contribution is -0.145. The maximum absolute atomic E-state index is 14.6. The first-order chi connectivity index (χ1) is 24.3. The van der Waals surface area contributed by atoms with E-state index >= 15 is 0 Å². The molecule has 2 heterocycles. The van der Waals surface area contributed by atoms with E-state index in [-0.39, 0.29) is 29.0 Å². The van der Waals surface area contributed by atoms with Crippen LogP contribution in [0.15, 0.2) is 0 Å². The predicted octanol–water partition coefficient (Wildman–Crippen LogP) is 3.39. The van der Waals surface area contributed by atoms with Gasteiger partial charge in [-0.2, -0.15) is 0 Å². The number of nitrogens with zero attached hydrogens (tertiary/aromatic N) is 1. The molecule has 4 N–H and O–H groups in total. The van der Waals surface area contributed by atoms with Crippen LogP contribution in [0, 0.1) is 22.7 Å². The second-order valence-corrected chi connectivity index (χ2v) is 20.8. The SMILES string of the molecule is CCCC[C@H](NC(=O)C1C2[C@H](CN1C(=O)[C@@H](NC(=O)NC1(CS(=O)(=O)C3(C)CCOCC3)CCCCC1)C(C)(C)C)C2(C)C)C(=O)C(=O)NC1CC1. The second kappa shape index (κ2) is 15.2. The monoisotopic (exact) mass is 749 g/mol. The standard InChI is InChI=1S/C38H63N5O8S/c1-8-9-13-26(29(44)32(46)39-24-14-15-24)40-31(45)28-27-25(36(27,5)6)22-43(28)33(47)30(35(2,3)4)41-34(48)42-38(16-11-10-12-17-38)23-52(49,50)37(7)18-20-51-21-19-37/h24-28,30H,8-23H2,1-7H3,(H,39,46)(H,40,45)(H2,41,42,48)/t25-,26-,27?,28?,30+/m0/s1. The Balaban J connectivity index is 1.33. The van der Waals surface area contributed by atoms with Crippen molar-refractivity contribution in [3.63, 3.8) is 0 Å². The van der Waals surface area contributed by atoms with Crippen molar-refractivity contribution >= 4 is 39.4 Å². The summed E-state index contributed by atoms with van der Waals surface area (Å²) in [5, 5.41) is 11.6. The van der Waals surface area contributed by atoms with Gasteiger partial charge >= 0.3 is 6.03 Å². The van der Waals surface area contributed by atoms with E-state index in [0.29, 0.717) is 58.3 Å². The number of ether oxygens (including phenoxy) is 1. The van der Waals surface area contributed by atoms with E-state index in [9.17, 15) is 32.4 Å². The van der Waals surface area contributed by atoms with Crippen molar-refractivity contribution in [2.24, 2.45) is 22.7 Å². The van der Waals surface area contributed by atoms with Gasteiger partial charge in [0.15, 0.2) is 9.84 Å². The largest absolute Gasteiger partial charge is 0.381 e. The molecule has 0 radical (unpaired) electrons. The zero-order chi connectivity index (χ0) is 38.3. The minimum atomic E-state index is -3.62. The number of nitrogens with one attached hydrogen (secondary N) is 4. The molecule has 14 heteroatoms. The molecule has 2 saturated heterocycles. The third-order valence-electron chi connectivity index (χ3n) is 12.7. The molecule has 5 fully saturated rings. The number of hydrogen-bond donors (Lipinski definition) is 4. The topological polar surface area (TPSA) is 180 Å². The van der Waals surface area contributed by atoms with Crippen LogP contribution >= 0.6 is 0 Å². The van der Waals surface area contributed by atoms with E-state index in [2.05, 4.69) is 35.1 Å². The number of amides is 5. The first kappa shape index (κ1) is 40.4. The Morgan fingerprint density at radius 3 is 2.13 bits per heavy atom. The molecule has 0 bridgehead atoms. The minimum absolute atomic E-state index is 0.00152. The molecule has 2 aliphatic heterocycles. The number of likely N-dealkylation sites (tertiary alicyclic amines) is 1. The molecule has 0 aromatic rings. The molecule has 0 aromatic heterocycles. The lowest BCUT2D eigenvalue weighted by atomic mass is 9.83. The predicted molar refractivity (Wildman–Crippen MR) is 197 cm³/mol. The summed E-state index contributed by atoms with van der Waals surface area (Å²) in [4.78, 5) is 70.2. The molecule has 5 amide bonds. The van der Waals surface area contributed by atoms with Crippen molar-refractivity contribution in [2.45, 2.75) is 160 Å². The Morgan fingerprint density at radius 1 is 0.923 bits per heavy atom. The normalized spacial score (nSPS) is 27.4. The summed E-state index contributed by atoms with van der Waals surface area (Å²) in [7, 11) is -3.62. The van der Waals surface area contributed by atoms with Crippen LogP contribution in [0.1, 0.15) is 126 Å². The maximum Gasteiger partial charge on any atom is 0.315 e. The number of carbonyl (C=O) groups is 5. The van der Waals surface area contributed by atoms with Crippen molar-refractivity contribution in [3.8, 4) is 0 Å². The van der Waals surface area contributed by atoms with Crippen LogP contribution in [0.25, 0.3) is 0 Å². The molecule has 0 spiro atoms. The third kappa shape index (κ3) is 8.63. The molecule has 294 valence electrons. The van der Waals surface area contributed by atoms with Gasteiger partial charge in [-0.3, -0.25) is 19.2 Å². The molecule has 5 aliphatic rings. The number of unbranched alkanes of at least 4 members (excludes halogenated alkanes) is 1. The smallest absolute Gasteiger partial charge is 0.315 e. The minimum Gasteiger partial charge on any atom is -0.381 e. The molecule has 5 atom stereocenters. The van der Waals surface area contributed by atoms with Gasteiger partial charge in [0.2, 0.25) is 17.6 Å². The zero-order valence-electron chi connectivity index (χ0n) is 32.4. The quantitative estimate of drug-likeness (QED) is 0.195. The Morgan fingerprint density at radius 2 is 1.56 bits per heavy atom. The summed E-state index contributed by atoms with van der Waals surface area (Å²) >= 11 is 0. The summed E-state index contributed by atoms with van der Waals surface area (Å²) in [6.07, 6.45) is 7.75. The summed E-state index contributed by atoms with van der Waals surface area (Å²) in [5.74, 6) is -2.50. The number of piperidine rings is 1. The molecule has 13 nitrogen and oxygen atoms in total. The average molecular weight is 750 g/mol. The van der Waals surface area contributed by atoms with Gasteiger partial charge in [-0.05, 0) is 74.5 Å². The Kier molecular flexibility index (Phi) is 11.8. The molecule has 5 rings (SSSR count). The van der Waals surface area contributed by atoms with Crippen LogP contribution in [0.3, 0.4) is 0 Å². The van der Waals surface area contributed by atoms with Gasteiger partial charge in [0.25, 0.3) is 5.91 Å². The Labute approximate surface area is 310 Å². The second-order valence-electron chi connectivity index (χ2n) is 18.3. The number of rotatable bonds is 14. The molecule has 52 heavy (non-hydrogen) atoms. The van der Waals surface area contributed by atoms with Crippen LogP contribution in [0.4, 0.5) is 4.79 Å². The number of hydrogen-bond acceptors (Lipinski definition) is 8. The number of carbonyl (C=O) groups excluding carboxylic acids is 5. The Hall–Kier alpha value is -2.74. The first-order valence-corrected chi connectivity index (χ1v) is 21.2. The zero-order valence-corrected chi connectivity index (χ0v) is 33.2. The third-order valence-corrected chi connectivity index (χ3v) is 15.6. The molecule has 2 unspecified atom stereocenters. The fourth-order valence-electron chi connectivity index (χ4n) is 8.80. The van der Waals surface area contributed by atoms with Crippen molar-refractivity contribution in [3.05, 3.63) is 0 Å². The van der Waals surface area contributed by atoms with Gasteiger partial charge in [0.1, 0.15) is 12.1 Å². The average Bonchev–Trinajstić information content (AvgIpc) is 3.92. The van der Waals surface area contributed by atoms with E-state index in [4.69, 9.17) is 4.74 Å². The van der Waals surface area contributed by atoms with Crippen LogP contribution in [0.5, 0.6) is 0 Å². The van der Waals surface area contributed by atoms with Crippen molar-refractivity contribution < 1.29 is 37.1 Å². The van der Waals surface area contributed by atoms with Gasteiger partial charge < -0.3 is 30.9 Å². The number of Topliss-reactive ketones (excluding diaryl/α,β-unsaturated/α-hetero) is 1. The van der Waals surface area contributed by atoms with Gasteiger partial charge in [-0.25, -0.2) is 13.2 Å². The van der Waals surface area contributed by atoms with Crippen LogP contribution < -0.4 is 21.3 Å². The van der Waals surface area contributed by atoms with Crippen LogP contribution in [-0.4, -0.2) is 103 Å². The number of sulfone groups is 1. The maximum atomic E-state index is 14.6. The highest BCUT2D eigenvalue weighted by atomic mass is 32.2. The molecule has 3 saturated carbocycles. The summed E-state index contributed by atoms with van der Waals surface area (Å²) in [5.41, 5.74) is -1.94. The summed E-state index contributed by atoms with van der Waals surface area (Å²) < 4.78 is 32.3. The van der Waals surface area contributed by atoms with E-state index in [1.807, 2.05) is 27.7 Å². The molecular weight excluding hydrogens is 687 g/mol. The first-order valence-electron chi connectivity index (χ1n) is 19.6. The summed E-state index contributed by atoms with van der Waals surface area (Å²) in [6.45, 7) is 14.5. The van der Waals surface area contributed by atoms with E-state index in [1.54, 1.807) is 11.8 Å². The molecule has 0 aromatic carbocycles. The lowest BCUT2D eigenvalue weighted by Gasteiger charge is -2.42. The van der Waals surface area contributed by atoms with Crippen LogP contribution in [0.2, 0.25) is 0 Å². The highest BCUT2D eigenvalue weighted by Gasteiger charge is 2.70. The van der Waals surface area contributed by atoms with E-state index in [0.717, 1.165) is 38.5 Å². The van der Waals surface area contributed by atoms with Gasteiger partial charge in [0.05, 0.1) is 22.1 Å². The highest BCUT2D eigenvalue weighted by Crippen LogP contribution is 2.65. The van der Waals surface area contributed by atoms with Crippen molar-refractivity contribution in [2.75, 3.05) is 25.5 Å². The van der Waals surface area contributed by atoms with Gasteiger partial charge in [-0.1, -0.05) is 73.6 Å².